The Balaban J connectivity index is 2.50. The van der Waals surface area contributed by atoms with Gasteiger partial charge in [0, 0.05) is 34.6 Å². The quantitative estimate of drug-likeness (QED) is 0.108. The smallest absolute Gasteiger partial charge is 0.410 e. The van der Waals surface area contributed by atoms with E-state index >= 15 is 0 Å². The molecule has 2 N–H and O–H groups in total. The molecule has 6 atom stereocenters. The fourth-order valence-corrected chi connectivity index (χ4v) is 6.83. The number of nitrogens with zero attached hydrogens (tertiary/aromatic N) is 4. The number of benzene rings is 2. The summed E-state index contributed by atoms with van der Waals surface area (Å²) in [5.41, 5.74) is 0.788. The number of hydrogen-bond acceptors (Lipinski definition) is 10. The summed E-state index contributed by atoms with van der Waals surface area (Å²) in [6.07, 6.45) is 0.288. The van der Waals surface area contributed by atoms with E-state index in [1.165, 1.54) is 49.0 Å². The number of rotatable bonds is 24. The van der Waals surface area contributed by atoms with Crippen LogP contribution in [0.2, 0.25) is 0 Å². The van der Waals surface area contributed by atoms with Gasteiger partial charge in [0.25, 0.3) is 0 Å². The second-order valence-corrected chi connectivity index (χ2v) is 18.4. The first-order valence-corrected chi connectivity index (χ1v) is 22.2. The van der Waals surface area contributed by atoms with Gasteiger partial charge < -0.3 is 39.5 Å². The molecule has 0 heterocycles. The Kier molecular flexibility index (Phi) is 22.4. The second kappa shape index (κ2) is 26.3. The van der Waals surface area contributed by atoms with Gasteiger partial charge in [-0.2, -0.15) is 0 Å². The zero-order valence-corrected chi connectivity index (χ0v) is 40.8. The molecule has 0 unspecified atom stereocenters. The highest BCUT2D eigenvalue weighted by Gasteiger charge is 2.39. The van der Waals surface area contributed by atoms with Gasteiger partial charge >= 0.3 is 12.1 Å². The lowest BCUT2D eigenvalue weighted by Crippen LogP contribution is -2.61. The van der Waals surface area contributed by atoms with E-state index < -0.39 is 90.1 Å². The minimum absolute atomic E-state index is 0.0394. The van der Waals surface area contributed by atoms with Crippen LogP contribution in [0.4, 0.5) is 4.79 Å². The van der Waals surface area contributed by atoms with Crippen LogP contribution in [0.15, 0.2) is 73.3 Å². The third kappa shape index (κ3) is 18.3. The monoisotopic (exact) mass is 907 g/mol. The Labute approximate surface area is 386 Å². The van der Waals surface area contributed by atoms with Crippen LogP contribution in [0, 0.1) is 11.8 Å². The zero-order chi connectivity index (χ0) is 49.2. The van der Waals surface area contributed by atoms with Crippen molar-refractivity contribution in [3.63, 3.8) is 0 Å². The molecule has 360 valence electrons. The van der Waals surface area contributed by atoms with E-state index in [1.807, 2.05) is 88.4 Å². The summed E-state index contributed by atoms with van der Waals surface area (Å²) in [5, 5.41) is 5.76. The van der Waals surface area contributed by atoms with E-state index in [4.69, 9.17) is 14.2 Å². The summed E-state index contributed by atoms with van der Waals surface area (Å²) in [5.74, 6) is -3.83. The fourth-order valence-electron chi connectivity index (χ4n) is 6.83. The van der Waals surface area contributed by atoms with Crippen LogP contribution in [0.3, 0.4) is 0 Å². The molecule has 16 nitrogen and oxygen atoms in total. The highest BCUT2D eigenvalue weighted by atomic mass is 16.6. The lowest BCUT2D eigenvalue weighted by Gasteiger charge is -2.36. The summed E-state index contributed by atoms with van der Waals surface area (Å²) in [7, 11) is 5.82. The van der Waals surface area contributed by atoms with Crippen LogP contribution in [-0.2, 0) is 56.0 Å². The molecule has 16 heteroatoms. The predicted octanol–water partition coefficient (Wildman–Crippen LogP) is 4.99. The first kappa shape index (κ1) is 55.4. The molecule has 0 radical (unpaired) electrons. The fraction of sp³-hybridized carbons (Fsp3) is 0.571. The molecule has 2 aromatic rings. The Morgan fingerprint density at radius 3 is 1.72 bits per heavy atom. The molecule has 0 aromatic heterocycles. The summed E-state index contributed by atoms with van der Waals surface area (Å²) in [6.45, 7) is 19.1. The average molecular weight is 907 g/mol. The number of ether oxygens (including phenoxy) is 3. The molecule has 0 saturated heterocycles. The number of carbonyl (C=O) groups excluding carboxylic acids is 7. The number of amides is 6. The van der Waals surface area contributed by atoms with Gasteiger partial charge in [-0.3, -0.25) is 33.7 Å². The molecule has 2 aromatic carbocycles. The van der Waals surface area contributed by atoms with Crippen molar-refractivity contribution in [2.75, 3.05) is 41.3 Å². The van der Waals surface area contributed by atoms with E-state index in [1.54, 1.807) is 34.6 Å². The van der Waals surface area contributed by atoms with Gasteiger partial charge in [-0.1, -0.05) is 101 Å². The summed E-state index contributed by atoms with van der Waals surface area (Å²) < 4.78 is 16.7. The largest absolute Gasteiger partial charge is 0.460 e. The molecule has 0 aliphatic heterocycles. The maximum Gasteiger partial charge on any atom is 0.410 e. The van der Waals surface area contributed by atoms with Crippen LogP contribution < -0.4 is 10.6 Å². The van der Waals surface area contributed by atoms with Crippen LogP contribution >= 0.6 is 0 Å². The number of likely N-dealkylation sites (N-methyl/N-ethyl adjacent to an activating group) is 4. The average Bonchev–Trinajstić information content (AvgIpc) is 3.25. The minimum atomic E-state index is -1.28. The van der Waals surface area contributed by atoms with E-state index in [0.29, 0.717) is 0 Å². The van der Waals surface area contributed by atoms with Crippen molar-refractivity contribution in [1.29, 1.82) is 0 Å². The minimum Gasteiger partial charge on any atom is -0.460 e. The van der Waals surface area contributed by atoms with E-state index in [-0.39, 0.29) is 44.3 Å². The van der Waals surface area contributed by atoms with Crippen molar-refractivity contribution < 1.29 is 47.8 Å². The first-order chi connectivity index (χ1) is 30.4. The van der Waals surface area contributed by atoms with Crippen LogP contribution in [0.1, 0.15) is 86.3 Å². The van der Waals surface area contributed by atoms with Gasteiger partial charge in [-0.25, -0.2) is 4.79 Å². The second-order valence-electron chi connectivity index (χ2n) is 18.4. The molecular weight excluding hydrogens is 833 g/mol. The molecule has 0 fully saturated rings. The molecule has 0 bridgehead atoms. The number of hydrogen-bond donors (Lipinski definition) is 2. The SMILES string of the molecule is C=CCOC(=O)CN(C)C(=O)[C@@H](NC(=O)[C@H](CC(C)C)N(C)C(=O)[C@H](CC(C)C)NC(=O)[C@H](Cc1ccccc1)N(C)C(=O)[C@H](C)N(C)C(=O)OC(C)(C)C)[C@@H](C)OCc1ccccc1. The zero-order valence-electron chi connectivity index (χ0n) is 40.8. The van der Waals surface area contributed by atoms with Gasteiger partial charge in [0.15, 0.2) is 0 Å². The Hall–Kier alpha value is -5.77. The highest BCUT2D eigenvalue weighted by molar-refractivity contribution is 5.96. The van der Waals surface area contributed by atoms with Crippen molar-refractivity contribution >= 4 is 41.6 Å². The van der Waals surface area contributed by atoms with Crippen LogP contribution in [0.5, 0.6) is 0 Å². The lowest BCUT2D eigenvalue weighted by atomic mass is 9.97. The van der Waals surface area contributed by atoms with Crippen molar-refractivity contribution in [2.45, 2.75) is 130 Å². The summed E-state index contributed by atoms with van der Waals surface area (Å²) >= 11 is 0. The Morgan fingerprint density at radius 2 is 1.20 bits per heavy atom. The number of carbonyl (C=O) groups is 7. The first-order valence-electron chi connectivity index (χ1n) is 22.2. The molecule has 2 rings (SSSR count). The molecular formula is C49H74N6O10. The number of nitrogens with one attached hydrogen (secondary N) is 2. The Morgan fingerprint density at radius 1 is 0.677 bits per heavy atom. The molecule has 6 amide bonds. The van der Waals surface area contributed by atoms with Crippen molar-refractivity contribution in [2.24, 2.45) is 11.8 Å². The predicted molar refractivity (Wildman–Crippen MR) is 249 cm³/mol. The third-order valence-corrected chi connectivity index (χ3v) is 10.6. The normalized spacial score (nSPS) is 14.1. The van der Waals surface area contributed by atoms with Gasteiger partial charge in [0.2, 0.25) is 29.5 Å². The topological polar surface area (TPSA) is 184 Å². The molecule has 0 aliphatic carbocycles. The standard InChI is InChI=1S/C49H74N6O10/c1-15-26-63-41(56)30-52(11)47(61)42(35(7)64-31-37-24-20-17-21-25-37)51-44(58)39(28-33(4)5)55(14)46(60)38(27-32(2)3)50-43(57)40(29-36-22-18-16-19-23-36)54(13)45(59)34(6)53(12)48(62)65-49(8,9)10/h15-25,32-35,38-40,42H,1,26-31H2,2-14H3,(H,50,57)(H,51,58)/t34-,35+,38-,39-,40-,42-/m0/s1. The maximum atomic E-state index is 14.7. The van der Waals surface area contributed by atoms with Gasteiger partial charge in [-0.15, -0.1) is 0 Å². The summed E-state index contributed by atoms with van der Waals surface area (Å²) in [4.78, 5) is 102. The van der Waals surface area contributed by atoms with Crippen LogP contribution in [0.25, 0.3) is 0 Å². The third-order valence-electron chi connectivity index (χ3n) is 10.6. The summed E-state index contributed by atoms with van der Waals surface area (Å²) in [6, 6.07) is 12.8. The van der Waals surface area contributed by atoms with E-state index in [0.717, 1.165) is 16.0 Å². The maximum absolute atomic E-state index is 14.7. The molecule has 0 spiro atoms. The highest BCUT2D eigenvalue weighted by Crippen LogP contribution is 2.19. The van der Waals surface area contributed by atoms with E-state index in [9.17, 15) is 33.6 Å². The van der Waals surface area contributed by atoms with Gasteiger partial charge in [0.05, 0.1) is 12.7 Å². The molecule has 65 heavy (non-hydrogen) atoms. The van der Waals surface area contributed by atoms with Gasteiger partial charge in [-0.05, 0) is 70.4 Å². The van der Waals surface area contributed by atoms with Crippen molar-refractivity contribution in [1.82, 2.24) is 30.2 Å². The van der Waals surface area contributed by atoms with Crippen LogP contribution in [-0.4, -0.2) is 144 Å². The number of esters is 1. The van der Waals surface area contributed by atoms with Crippen molar-refractivity contribution in [3.05, 3.63) is 84.4 Å². The van der Waals surface area contributed by atoms with Gasteiger partial charge in [0.1, 0.15) is 49.0 Å². The molecule has 0 aliphatic rings. The van der Waals surface area contributed by atoms with Crippen molar-refractivity contribution in [3.8, 4) is 0 Å². The van der Waals surface area contributed by atoms with E-state index in [2.05, 4.69) is 17.2 Å². The lowest BCUT2D eigenvalue weighted by molar-refractivity contribution is -0.151. The Bertz CT molecular complexity index is 1890. The molecule has 0 saturated carbocycles.